The van der Waals surface area contributed by atoms with Crippen molar-refractivity contribution >= 4 is 29.3 Å². The van der Waals surface area contributed by atoms with Gasteiger partial charge in [-0.1, -0.05) is 0 Å². The number of rotatable bonds is 1. The number of carbonyl (C=O) groups excluding carboxylic acids is 2. The number of fused-ring (bicyclic) bond motifs is 1. The molecule has 0 aromatic heterocycles. The van der Waals surface area contributed by atoms with Crippen molar-refractivity contribution in [3.63, 3.8) is 0 Å². The third-order valence-electron chi connectivity index (χ3n) is 2.40. The maximum Gasteiger partial charge on any atom is 0.251 e. The topological polar surface area (TPSA) is 58.2 Å². The van der Waals surface area contributed by atoms with E-state index < -0.39 is 0 Å². The first-order valence-corrected chi connectivity index (χ1v) is 5.83. The summed E-state index contributed by atoms with van der Waals surface area (Å²) in [6, 6.07) is 5.32. The molecule has 4 nitrogen and oxygen atoms in total. The highest BCUT2D eigenvalue weighted by molar-refractivity contribution is 8.00. The largest absolute Gasteiger partial charge is 0.355 e. The van der Waals surface area contributed by atoms with Gasteiger partial charge in [-0.05, 0) is 25.1 Å². The zero-order valence-electron chi connectivity index (χ0n) is 9.03. The van der Waals surface area contributed by atoms with Crippen LogP contribution in [-0.4, -0.2) is 24.1 Å². The summed E-state index contributed by atoms with van der Waals surface area (Å²) in [6.45, 7) is 1.86. The molecule has 0 radical (unpaired) electrons. The normalized spacial score (nSPS) is 18.6. The molecule has 1 atom stereocenters. The Bertz CT molecular complexity index is 459. The minimum absolute atomic E-state index is 0.0217. The molecule has 1 aromatic rings. The van der Waals surface area contributed by atoms with E-state index in [2.05, 4.69) is 10.6 Å². The fraction of sp³-hybridized carbons (Fsp3) is 0.273. The number of benzene rings is 1. The monoisotopic (exact) mass is 236 g/mol. The summed E-state index contributed by atoms with van der Waals surface area (Å²) in [5.74, 6) is -0.174. The average Bonchev–Trinajstić information content (AvgIpc) is 2.29. The second-order valence-corrected chi connectivity index (χ2v) is 4.92. The molecule has 1 aliphatic rings. The Kier molecular flexibility index (Phi) is 2.87. The molecular formula is C11H12N2O2S. The van der Waals surface area contributed by atoms with Gasteiger partial charge < -0.3 is 10.6 Å². The smallest absolute Gasteiger partial charge is 0.251 e. The fourth-order valence-electron chi connectivity index (χ4n) is 1.49. The third-order valence-corrected chi connectivity index (χ3v) is 3.58. The molecular weight excluding hydrogens is 224 g/mol. The molecule has 0 saturated carbocycles. The van der Waals surface area contributed by atoms with Crippen LogP contribution in [0, 0.1) is 0 Å². The van der Waals surface area contributed by atoms with Gasteiger partial charge >= 0.3 is 0 Å². The third kappa shape index (κ3) is 1.90. The molecule has 0 aliphatic carbocycles. The maximum absolute atomic E-state index is 11.5. The minimum atomic E-state index is -0.152. The molecule has 0 fully saturated rings. The number of hydrogen-bond acceptors (Lipinski definition) is 3. The van der Waals surface area contributed by atoms with Crippen LogP contribution in [0.25, 0.3) is 0 Å². The highest BCUT2D eigenvalue weighted by Gasteiger charge is 2.23. The van der Waals surface area contributed by atoms with Gasteiger partial charge in [-0.3, -0.25) is 9.59 Å². The molecule has 0 saturated heterocycles. The molecule has 5 heteroatoms. The van der Waals surface area contributed by atoms with Crippen molar-refractivity contribution in [1.82, 2.24) is 5.32 Å². The van der Waals surface area contributed by atoms with Crippen LogP contribution in [0.3, 0.4) is 0 Å². The van der Waals surface area contributed by atoms with Crippen molar-refractivity contribution < 1.29 is 9.59 Å². The number of nitrogens with one attached hydrogen (secondary N) is 2. The maximum atomic E-state index is 11.5. The molecule has 1 aliphatic heterocycles. The summed E-state index contributed by atoms with van der Waals surface area (Å²) in [6.07, 6.45) is 0. The second kappa shape index (κ2) is 4.17. The summed E-state index contributed by atoms with van der Waals surface area (Å²) in [5, 5.41) is 5.25. The molecule has 16 heavy (non-hydrogen) atoms. The Hall–Kier alpha value is -1.49. The Labute approximate surface area is 97.8 Å². The lowest BCUT2D eigenvalue weighted by Gasteiger charge is -2.21. The van der Waals surface area contributed by atoms with Crippen molar-refractivity contribution in [3.05, 3.63) is 23.8 Å². The molecule has 84 valence electrons. The summed E-state index contributed by atoms with van der Waals surface area (Å²) < 4.78 is 0. The molecule has 0 spiro atoms. The lowest BCUT2D eigenvalue weighted by atomic mass is 10.2. The number of thioether (sulfide) groups is 1. The molecule has 1 heterocycles. The Balaban J connectivity index is 2.36. The van der Waals surface area contributed by atoms with E-state index in [1.807, 2.05) is 13.0 Å². The SMILES string of the molecule is CNC(=O)c1ccc2c(c1)NC(=O)C(C)S2. The van der Waals surface area contributed by atoms with Gasteiger partial charge in [0.05, 0.1) is 10.9 Å². The minimum Gasteiger partial charge on any atom is -0.355 e. The summed E-state index contributed by atoms with van der Waals surface area (Å²) in [5.41, 5.74) is 1.27. The highest BCUT2D eigenvalue weighted by Crippen LogP contribution is 2.35. The molecule has 2 N–H and O–H groups in total. The Morgan fingerprint density at radius 2 is 2.25 bits per heavy atom. The summed E-state index contributed by atoms with van der Waals surface area (Å²) >= 11 is 1.50. The van der Waals surface area contributed by atoms with Crippen LogP contribution in [0.15, 0.2) is 23.1 Å². The van der Waals surface area contributed by atoms with Gasteiger partial charge in [-0.2, -0.15) is 0 Å². The molecule has 2 rings (SSSR count). The molecule has 0 bridgehead atoms. The van der Waals surface area contributed by atoms with Crippen LogP contribution >= 0.6 is 11.8 Å². The lowest BCUT2D eigenvalue weighted by molar-refractivity contribution is -0.115. The van der Waals surface area contributed by atoms with Gasteiger partial charge in [0.1, 0.15) is 0 Å². The average molecular weight is 236 g/mol. The van der Waals surface area contributed by atoms with E-state index in [-0.39, 0.29) is 17.1 Å². The van der Waals surface area contributed by atoms with Crippen LogP contribution in [0.5, 0.6) is 0 Å². The predicted octanol–water partition coefficient (Wildman–Crippen LogP) is 1.48. The number of hydrogen-bond donors (Lipinski definition) is 2. The van der Waals surface area contributed by atoms with Crippen molar-refractivity contribution in [3.8, 4) is 0 Å². The Morgan fingerprint density at radius 1 is 1.50 bits per heavy atom. The van der Waals surface area contributed by atoms with Gasteiger partial charge in [0.15, 0.2) is 0 Å². The summed E-state index contributed by atoms with van der Waals surface area (Å²) in [7, 11) is 1.58. The fourth-order valence-corrected chi connectivity index (χ4v) is 2.42. The first-order valence-electron chi connectivity index (χ1n) is 4.95. The standard InChI is InChI=1S/C11H12N2O2S/c1-6-10(14)13-8-5-7(11(15)12-2)3-4-9(8)16-6/h3-6H,1-2H3,(H,12,15)(H,13,14). The number of anilines is 1. The van der Waals surface area contributed by atoms with Crippen molar-refractivity contribution in [2.45, 2.75) is 17.1 Å². The van der Waals surface area contributed by atoms with Gasteiger partial charge in [0.2, 0.25) is 5.91 Å². The van der Waals surface area contributed by atoms with Crippen molar-refractivity contribution in [2.24, 2.45) is 0 Å². The number of amides is 2. The lowest BCUT2D eigenvalue weighted by Crippen LogP contribution is -2.27. The van der Waals surface area contributed by atoms with Gasteiger partial charge in [-0.25, -0.2) is 0 Å². The van der Waals surface area contributed by atoms with Crippen LogP contribution in [0.1, 0.15) is 17.3 Å². The van der Waals surface area contributed by atoms with Crippen LogP contribution in [0.2, 0.25) is 0 Å². The van der Waals surface area contributed by atoms with E-state index >= 15 is 0 Å². The van der Waals surface area contributed by atoms with E-state index in [0.717, 1.165) is 4.90 Å². The van der Waals surface area contributed by atoms with E-state index in [0.29, 0.717) is 11.3 Å². The molecule has 1 aromatic carbocycles. The quantitative estimate of drug-likeness (QED) is 0.776. The Morgan fingerprint density at radius 3 is 2.94 bits per heavy atom. The first-order chi connectivity index (χ1) is 7.61. The zero-order valence-corrected chi connectivity index (χ0v) is 9.85. The second-order valence-electron chi connectivity index (χ2n) is 3.54. The first kappa shape index (κ1) is 11.0. The van der Waals surface area contributed by atoms with E-state index in [1.165, 1.54) is 11.8 Å². The molecule has 1 unspecified atom stereocenters. The van der Waals surface area contributed by atoms with Crippen LogP contribution in [0.4, 0.5) is 5.69 Å². The van der Waals surface area contributed by atoms with E-state index in [9.17, 15) is 9.59 Å². The predicted molar refractivity (Wildman–Crippen MR) is 63.8 cm³/mol. The van der Waals surface area contributed by atoms with Gasteiger partial charge in [0.25, 0.3) is 5.91 Å². The van der Waals surface area contributed by atoms with Crippen LogP contribution < -0.4 is 10.6 Å². The van der Waals surface area contributed by atoms with E-state index in [1.54, 1.807) is 19.2 Å². The van der Waals surface area contributed by atoms with Gasteiger partial charge in [-0.15, -0.1) is 11.8 Å². The van der Waals surface area contributed by atoms with E-state index in [4.69, 9.17) is 0 Å². The summed E-state index contributed by atoms with van der Waals surface area (Å²) in [4.78, 5) is 23.9. The van der Waals surface area contributed by atoms with Crippen molar-refractivity contribution in [1.29, 1.82) is 0 Å². The zero-order chi connectivity index (χ0) is 11.7. The molecule has 2 amide bonds. The van der Waals surface area contributed by atoms with Gasteiger partial charge in [0, 0.05) is 17.5 Å². The number of carbonyl (C=O) groups is 2. The highest BCUT2D eigenvalue weighted by atomic mass is 32.2. The van der Waals surface area contributed by atoms with Crippen molar-refractivity contribution in [2.75, 3.05) is 12.4 Å². The van der Waals surface area contributed by atoms with Crippen LogP contribution in [-0.2, 0) is 4.79 Å².